The Morgan fingerprint density at radius 1 is 1.27 bits per heavy atom. The molecule has 0 radical (unpaired) electrons. The Balaban J connectivity index is 1.51. The topological polar surface area (TPSA) is 107 Å². The maximum atomic E-state index is 12.9. The summed E-state index contributed by atoms with van der Waals surface area (Å²) < 4.78 is 0. The van der Waals surface area contributed by atoms with Gasteiger partial charge in [-0.3, -0.25) is 19.4 Å². The van der Waals surface area contributed by atoms with Crippen molar-refractivity contribution in [1.82, 2.24) is 15.3 Å². The van der Waals surface area contributed by atoms with Gasteiger partial charge in [-0.25, -0.2) is 0 Å². The normalized spacial score (nSPS) is 21.0. The van der Waals surface area contributed by atoms with E-state index in [1.54, 1.807) is 0 Å². The molecule has 2 amide bonds. The average molecular weight is 409 g/mol. The number of nitrogens with zero attached hydrogens (tertiary/aromatic N) is 2. The number of rotatable bonds is 5. The number of H-pyrrole nitrogens is 1. The fourth-order valence-corrected chi connectivity index (χ4v) is 4.21. The van der Waals surface area contributed by atoms with Crippen LogP contribution in [0.1, 0.15) is 43.2 Å². The Bertz CT molecular complexity index is 988. The summed E-state index contributed by atoms with van der Waals surface area (Å²) >= 11 is 0. The molecule has 0 saturated carbocycles. The molecular weight excluding hydrogens is 382 g/mol. The number of aromatic nitrogens is 2. The number of fused-ring (bicyclic) bond motifs is 1. The summed E-state index contributed by atoms with van der Waals surface area (Å²) in [5, 5.41) is 5.54. The van der Waals surface area contributed by atoms with Gasteiger partial charge in [0, 0.05) is 26.1 Å². The molecule has 158 valence electrons. The molecule has 30 heavy (non-hydrogen) atoms. The SMILES string of the molecule is C[C@@H]1CCCN(c2nc3c(c(=O)[nH]2)[C@@H](C(=O)NCCc2ccccc2)CC(=O)N3)C1. The number of nitrogens with one attached hydrogen (secondary N) is 3. The molecule has 2 aliphatic heterocycles. The van der Waals surface area contributed by atoms with Crippen LogP contribution in [0.2, 0.25) is 0 Å². The number of carbonyl (C=O) groups is 2. The van der Waals surface area contributed by atoms with Crippen molar-refractivity contribution in [3.8, 4) is 0 Å². The molecule has 3 N–H and O–H groups in total. The van der Waals surface area contributed by atoms with E-state index in [4.69, 9.17) is 0 Å². The molecule has 2 aromatic rings. The Morgan fingerprint density at radius 3 is 2.83 bits per heavy atom. The van der Waals surface area contributed by atoms with Crippen molar-refractivity contribution < 1.29 is 9.59 Å². The number of anilines is 2. The van der Waals surface area contributed by atoms with Crippen molar-refractivity contribution in [2.45, 2.75) is 38.5 Å². The van der Waals surface area contributed by atoms with Crippen molar-refractivity contribution in [2.24, 2.45) is 5.92 Å². The first kappa shape index (κ1) is 20.1. The molecule has 2 atom stereocenters. The zero-order valence-electron chi connectivity index (χ0n) is 17.1. The third-order valence-corrected chi connectivity index (χ3v) is 5.77. The van der Waals surface area contributed by atoms with Gasteiger partial charge in [0.25, 0.3) is 5.56 Å². The number of piperidine rings is 1. The minimum atomic E-state index is -0.838. The van der Waals surface area contributed by atoms with E-state index in [9.17, 15) is 14.4 Å². The molecule has 0 bridgehead atoms. The van der Waals surface area contributed by atoms with Gasteiger partial charge in [0.1, 0.15) is 5.82 Å². The smallest absolute Gasteiger partial charge is 0.258 e. The summed E-state index contributed by atoms with van der Waals surface area (Å²) in [4.78, 5) is 47.3. The lowest BCUT2D eigenvalue weighted by Crippen LogP contribution is -2.41. The third-order valence-electron chi connectivity index (χ3n) is 5.77. The van der Waals surface area contributed by atoms with Crippen LogP contribution in [0.4, 0.5) is 11.8 Å². The van der Waals surface area contributed by atoms with Crippen molar-refractivity contribution in [2.75, 3.05) is 29.9 Å². The standard InChI is InChI=1S/C22H27N5O3/c1-14-6-5-11-27(13-14)22-25-19-18(21(30)26-22)16(12-17(28)24-19)20(29)23-10-9-15-7-3-2-4-8-15/h2-4,7-8,14,16H,5-6,9-13H2,1H3,(H,23,29)(H2,24,25,26,28,30)/t14-,16+/m1/s1. The Morgan fingerprint density at radius 2 is 2.07 bits per heavy atom. The molecule has 1 saturated heterocycles. The first-order valence-electron chi connectivity index (χ1n) is 10.5. The van der Waals surface area contributed by atoms with Gasteiger partial charge in [-0.05, 0) is 30.7 Å². The Kier molecular flexibility index (Phi) is 5.83. The van der Waals surface area contributed by atoms with Crippen molar-refractivity contribution in [1.29, 1.82) is 0 Å². The lowest BCUT2D eigenvalue weighted by molar-refractivity contribution is -0.126. The Labute approximate surface area is 175 Å². The molecule has 2 aliphatic rings. The van der Waals surface area contributed by atoms with E-state index in [2.05, 4.69) is 27.5 Å². The van der Waals surface area contributed by atoms with E-state index in [1.165, 1.54) is 0 Å². The molecule has 0 aliphatic carbocycles. The van der Waals surface area contributed by atoms with Gasteiger partial charge in [-0.1, -0.05) is 37.3 Å². The number of aromatic amines is 1. The fourth-order valence-electron chi connectivity index (χ4n) is 4.21. The van der Waals surface area contributed by atoms with Gasteiger partial charge < -0.3 is 15.5 Å². The molecule has 1 fully saturated rings. The van der Waals surface area contributed by atoms with Crippen LogP contribution in [0.3, 0.4) is 0 Å². The van der Waals surface area contributed by atoms with Crippen LogP contribution in [0.5, 0.6) is 0 Å². The number of amides is 2. The molecule has 1 aromatic heterocycles. The highest BCUT2D eigenvalue weighted by atomic mass is 16.2. The first-order chi connectivity index (χ1) is 14.5. The zero-order valence-corrected chi connectivity index (χ0v) is 17.1. The van der Waals surface area contributed by atoms with Gasteiger partial charge in [-0.15, -0.1) is 0 Å². The van der Waals surface area contributed by atoms with Crippen LogP contribution in [0, 0.1) is 5.92 Å². The second-order valence-corrected chi connectivity index (χ2v) is 8.18. The number of hydrogen-bond acceptors (Lipinski definition) is 5. The molecule has 8 heteroatoms. The van der Waals surface area contributed by atoms with E-state index in [-0.39, 0.29) is 35.2 Å². The minimum absolute atomic E-state index is 0.0605. The lowest BCUT2D eigenvalue weighted by Gasteiger charge is -2.32. The lowest BCUT2D eigenvalue weighted by atomic mass is 9.92. The molecule has 0 spiro atoms. The quantitative estimate of drug-likeness (QED) is 0.698. The van der Waals surface area contributed by atoms with Crippen LogP contribution in [0.25, 0.3) is 0 Å². The molecule has 1 aromatic carbocycles. The fraction of sp³-hybridized carbons (Fsp3) is 0.455. The van der Waals surface area contributed by atoms with Gasteiger partial charge in [0.05, 0.1) is 11.5 Å². The predicted octanol–water partition coefficient (Wildman–Crippen LogP) is 1.79. The number of benzene rings is 1. The maximum Gasteiger partial charge on any atom is 0.258 e. The third kappa shape index (κ3) is 4.37. The van der Waals surface area contributed by atoms with Crippen LogP contribution in [-0.4, -0.2) is 41.4 Å². The summed E-state index contributed by atoms with van der Waals surface area (Å²) in [6.45, 7) is 4.22. The summed E-state index contributed by atoms with van der Waals surface area (Å²) in [5.74, 6) is -0.300. The highest BCUT2D eigenvalue weighted by Gasteiger charge is 2.35. The second kappa shape index (κ2) is 8.69. The number of hydrogen-bond donors (Lipinski definition) is 3. The monoisotopic (exact) mass is 409 g/mol. The van der Waals surface area contributed by atoms with E-state index in [0.29, 0.717) is 24.8 Å². The number of carbonyl (C=O) groups excluding carboxylic acids is 2. The molecular formula is C22H27N5O3. The maximum absolute atomic E-state index is 12.9. The average Bonchev–Trinajstić information content (AvgIpc) is 2.73. The van der Waals surface area contributed by atoms with Gasteiger partial charge in [-0.2, -0.15) is 4.98 Å². The highest BCUT2D eigenvalue weighted by molar-refractivity contribution is 6.00. The minimum Gasteiger partial charge on any atom is -0.355 e. The zero-order chi connectivity index (χ0) is 21.1. The molecule has 4 rings (SSSR count). The predicted molar refractivity (Wildman–Crippen MR) is 115 cm³/mol. The van der Waals surface area contributed by atoms with Gasteiger partial charge in [0.2, 0.25) is 17.8 Å². The van der Waals surface area contributed by atoms with Crippen LogP contribution < -0.4 is 21.1 Å². The van der Waals surface area contributed by atoms with Crippen molar-refractivity contribution in [3.63, 3.8) is 0 Å². The van der Waals surface area contributed by atoms with E-state index < -0.39 is 5.92 Å². The largest absolute Gasteiger partial charge is 0.355 e. The summed E-state index contributed by atoms with van der Waals surface area (Å²) in [6, 6.07) is 9.83. The highest BCUT2D eigenvalue weighted by Crippen LogP contribution is 2.30. The van der Waals surface area contributed by atoms with Crippen molar-refractivity contribution >= 4 is 23.6 Å². The second-order valence-electron chi connectivity index (χ2n) is 8.18. The van der Waals surface area contributed by atoms with Crippen LogP contribution in [0.15, 0.2) is 35.1 Å². The molecule has 0 unspecified atom stereocenters. The van der Waals surface area contributed by atoms with Gasteiger partial charge >= 0.3 is 0 Å². The molecule has 8 nitrogen and oxygen atoms in total. The van der Waals surface area contributed by atoms with Crippen LogP contribution in [-0.2, 0) is 16.0 Å². The van der Waals surface area contributed by atoms with E-state index >= 15 is 0 Å². The van der Waals surface area contributed by atoms with Crippen molar-refractivity contribution in [3.05, 3.63) is 51.8 Å². The molecule has 3 heterocycles. The first-order valence-corrected chi connectivity index (χ1v) is 10.5. The van der Waals surface area contributed by atoms with Gasteiger partial charge in [0.15, 0.2) is 0 Å². The Hall–Kier alpha value is -3.16. The summed E-state index contributed by atoms with van der Waals surface area (Å²) in [7, 11) is 0. The summed E-state index contributed by atoms with van der Waals surface area (Å²) in [5.41, 5.74) is 0.983. The van der Waals surface area contributed by atoms with E-state index in [1.807, 2.05) is 35.2 Å². The summed E-state index contributed by atoms with van der Waals surface area (Å²) in [6.07, 6.45) is 2.79. The van der Waals surface area contributed by atoms with Crippen LogP contribution >= 0.6 is 0 Å². The van der Waals surface area contributed by atoms with E-state index in [0.717, 1.165) is 31.5 Å².